The molecule has 0 unspecified atom stereocenters. The van der Waals surface area contributed by atoms with Crippen LogP contribution in [0.1, 0.15) is 30.5 Å². The second-order valence-electron chi connectivity index (χ2n) is 5.81. The number of rotatable bonds is 6. The Hall–Kier alpha value is -2.34. The Morgan fingerprint density at radius 3 is 2.62 bits per heavy atom. The van der Waals surface area contributed by atoms with Gasteiger partial charge < -0.3 is 19.1 Å². The Labute approximate surface area is 142 Å². The van der Waals surface area contributed by atoms with E-state index in [-0.39, 0.29) is 11.7 Å². The lowest BCUT2D eigenvalue weighted by molar-refractivity contribution is -0.140. The van der Waals surface area contributed by atoms with Gasteiger partial charge >= 0.3 is 11.9 Å². The first-order valence-electron chi connectivity index (χ1n) is 7.80. The number of methoxy groups -OCH3 is 2. The molecule has 1 aromatic carbocycles. The summed E-state index contributed by atoms with van der Waals surface area (Å²) in [6, 6.07) is 6.01. The maximum absolute atomic E-state index is 12.2. The number of hydrogen-bond acceptors (Lipinski definition) is 6. The third-order valence-corrected chi connectivity index (χ3v) is 4.00. The lowest BCUT2D eigenvalue weighted by Crippen LogP contribution is -2.34. The summed E-state index contributed by atoms with van der Waals surface area (Å²) < 4.78 is 15.0. The summed E-state index contributed by atoms with van der Waals surface area (Å²) in [6.45, 7) is 5.54. The van der Waals surface area contributed by atoms with Crippen molar-refractivity contribution >= 4 is 11.9 Å². The van der Waals surface area contributed by atoms with Crippen LogP contribution in [0.3, 0.4) is 0 Å². The van der Waals surface area contributed by atoms with Crippen LogP contribution >= 0.6 is 0 Å². The lowest BCUT2D eigenvalue weighted by Gasteiger charge is -2.30. The van der Waals surface area contributed by atoms with Gasteiger partial charge in [0, 0.05) is 12.6 Å². The number of ether oxygens (including phenoxy) is 3. The van der Waals surface area contributed by atoms with E-state index in [1.165, 1.54) is 20.3 Å². The van der Waals surface area contributed by atoms with E-state index in [0.29, 0.717) is 19.8 Å². The fraction of sp³-hybridized carbons (Fsp3) is 0.444. The second kappa shape index (κ2) is 7.97. The molecule has 6 nitrogen and oxygen atoms in total. The van der Waals surface area contributed by atoms with Crippen LogP contribution in [0.4, 0.5) is 0 Å². The SMILES string of the molecule is COC(=O)/C=C(/C(=O)OC)N(Cc1cccc2c1COC2)C(C)C. The Kier molecular flexibility index (Phi) is 5.98. The molecule has 1 aromatic rings. The van der Waals surface area contributed by atoms with Gasteiger partial charge in [-0.15, -0.1) is 0 Å². The summed E-state index contributed by atoms with van der Waals surface area (Å²) in [7, 11) is 2.56. The monoisotopic (exact) mass is 333 g/mol. The van der Waals surface area contributed by atoms with Crippen LogP contribution in [0.5, 0.6) is 0 Å². The molecule has 0 fully saturated rings. The van der Waals surface area contributed by atoms with E-state index in [1.807, 2.05) is 36.9 Å². The van der Waals surface area contributed by atoms with E-state index in [9.17, 15) is 9.59 Å². The number of nitrogens with zero attached hydrogens (tertiary/aromatic N) is 1. The number of carbonyl (C=O) groups excluding carboxylic acids is 2. The summed E-state index contributed by atoms with van der Waals surface area (Å²) >= 11 is 0. The average Bonchev–Trinajstić information content (AvgIpc) is 3.06. The van der Waals surface area contributed by atoms with Crippen molar-refractivity contribution in [2.24, 2.45) is 0 Å². The summed E-state index contributed by atoms with van der Waals surface area (Å²) in [5, 5.41) is 0. The quantitative estimate of drug-likeness (QED) is 0.587. The van der Waals surface area contributed by atoms with E-state index in [2.05, 4.69) is 4.74 Å². The van der Waals surface area contributed by atoms with Crippen LogP contribution in [-0.4, -0.2) is 37.1 Å². The fourth-order valence-corrected chi connectivity index (χ4v) is 2.68. The van der Waals surface area contributed by atoms with Crippen molar-refractivity contribution in [2.75, 3.05) is 14.2 Å². The molecule has 1 aliphatic rings. The van der Waals surface area contributed by atoms with Gasteiger partial charge in [0.05, 0.1) is 33.5 Å². The molecule has 0 amide bonds. The highest BCUT2D eigenvalue weighted by Gasteiger charge is 2.25. The smallest absolute Gasteiger partial charge is 0.354 e. The number of hydrogen-bond donors (Lipinski definition) is 0. The van der Waals surface area contributed by atoms with E-state index in [4.69, 9.17) is 9.47 Å². The van der Waals surface area contributed by atoms with Crippen LogP contribution in [-0.2, 0) is 43.6 Å². The van der Waals surface area contributed by atoms with Gasteiger partial charge in [0.15, 0.2) is 0 Å². The van der Waals surface area contributed by atoms with Crippen molar-refractivity contribution in [2.45, 2.75) is 39.6 Å². The number of fused-ring (bicyclic) bond motifs is 1. The van der Waals surface area contributed by atoms with Crippen LogP contribution in [0.2, 0.25) is 0 Å². The molecule has 0 spiro atoms. The van der Waals surface area contributed by atoms with Gasteiger partial charge in [-0.3, -0.25) is 0 Å². The maximum Gasteiger partial charge on any atom is 0.354 e. The minimum Gasteiger partial charge on any atom is -0.466 e. The van der Waals surface area contributed by atoms with Crippen LogP contribution < -0.4 is 0 Å². The molecule has 0 N–H and O–H groups in total. The zero-order chi connectivity index (χ0) is 17.7. The molecule has 0 saturated heterocycles. The van der Waals surface area contributed by atoms with Crippen molar-refractivity contribution in [1.82, 2.24) is 4.90 Å². The first-order chi connectivity index (χ1) is 11.5. The molecule has 0 bridgehead atoms. The molecule has 0 saturated carbocycles. The normalized spacial score (nSPS) is 13.6. The van der Waals surface area contributed by atoms with Crippen molar-refractivity contribution in [3.8, 4) is 0 Å². The minimum absolute atomic E-state index is 0.0156. The largest absolute Gasteiger partial charge is 0.466 e. The minimum atomic E-state index is -0.595. The predicted octanol–water partition coefficient (Wildman–Crippen LogP) is 2.16. The summed E-state index contributed by atoms with van der Waals surface area (Å²) in [4.78, 5) is 25.7. The molecule has 130 valence electrons. The zero-order valence-electron chi connectivity index (χ0n) is 14.5. The van der Waals surface area contributed by atoms with Gasteiger partial charge in [-0.2, -0.15) is 0 Å². The average molecular weight is 333 g/mol. The Morgan fingerprint density at radius 2 is 2.00 bits per heavy atom. The molecule has 0 aromatic heterocycles. The standard InChI is InChI=1S/C18H23NO5/c1-12(2)19(16(18(21)23-4)8-17(20)22-3)9-13-6-5-7-14-10-24-11-15(13)14/h5-8,12H,9-11H2,1-4H3/b16-8-. The highest BCUT2D eigenvalue weighted by atomic mass is 16.5. The lowest BCUT2D eigenvalue weighted by atomic mass is 10.0. The molecule has 0 aliphatic carbocycles. The molecule has 2 rings (SSSR count). The third kappa shape index (κ3) is 3.94. The third-order valence-electron chi connectivity index (χ3n) is 4.00. The molecule has 0 atom stereocenters. The van der Waals surface area contributed by atoms with Crippen LogP contribution in [0.15, 0.2) is 30.0 Å². The van der Waals surface area contributed by atoms with Gasteiger partial charge in [-0.25, -0.2) is 9.59 Å². The summed E-state index contributed by atoms with van der Waals surface area (Å²) in [6.07, 6.45) is 1.17. The first kappa shape index (κ1) is 18.0. The zero-order valence-corrected chi connectivity index (χ0v) is 14.5. The molecular formula is C18H23NO5. The van der Waals surface area contributed by atoms with Crippen molar-refractivity contribution in [3.05, 3.63) is 46.7 Å². The van der Waals surface area contributed by atoms with Crippen molar-refractivity contribution in [1.29, 1.82) is 0 Å². The Bertz CT molecular complexity index is 651. The van der Waals surface area contributed by atoms with Crippen LogP contribution in [0.25, 0.3) is 0 Å². The molecule has 24 heavy (non-hydrogen) atoms. The van der Waals surface area contributed by atoms with Gasteiger partial charge in [0.2, 0.25) is 0 Å². The molecule has 6 heteroatoms. The number of carbonyl (C=O) groups is 2. The van der Waals surface area contributed by atoms with Gasteiger partial charge in [0.25, 0.3) is 0 Å². The highest BCUT2D eigenvalue weighted by molar-refractivity contribution is 5.95. The highest BCUT2D eigenvalue weighted by Crippen LogP contribution is 2.26. The number of benzene rings is 1. The molecule has 1 heterocycles. The van der Waals surface area contributed by atoms with Crippen LogP contribution in [0, 0.1) is 0 Å². The summed E-state index contributed by atoms with van der Waals surface area (Å²) in [5.41, 5.74) is 3.55. The second-order valence-corrected chi connectivity index (χ2v) is 5.81. The van der Waals surface area contributed by atoms with E-state index in [0.717, 1.165) is 16.7 Å². The van der Waals surface area contributed by atoms with Gasteiger partial charge in [0.1, 0.15) is 5.70 Å². The Balaban J connectivity index is 2.37. The topological polar surface area (TPSA) is 65.1 Å². The molecular weight excluding hydrogens is 310 g/mol. The van der Waals surface area contributed by atoms with E-state index in [1.54, 1.807) is 0 Å². The predicted molar refractivity (Wildman–Crippen MR) is 87.7 cm³/mol. The van der Waals surface area contributed by atoms with Crippen molar-refractivity contribution < 1.29 is 23.8 Å². The summed E-state index contributed by atoms with van der Waals surface area (Å²) in [5.74, 6) is -1.17. The van der Waals surface area contributed by atoms with Gasteiger partial charge in [-0.05, 0) is 30.5 Å². The van der Waals surface area contributed by atoms with E-state index < -0.39 is 11.9 Å². The van der Waals surface area contributed by atoms with Crippen molar-refractivity contribution in [3.63, 3.8) is 0 Å². The number of esters is 2. The maximum atomic E-state index is 12.2. The van der Waals surface area contributed by atoms with Gasteiger partial charge in [-0.1, -0.05) is 18.2 Å². The van der Waals surface area contributed by atoms with E-state index >= 15 is 0 Å². The molecule has 0 radical (unpaired) electrons. The first-order valence-corrected chi connectivity index (χ1v) is 7.80. The Morgan fingerprint density at radius 1 is 1.25 bits per heavy atom. The fourth-order valence-electron chi connectivity index (χ4n) is 2.68. The molecule has 1 aliphatic heterocycles.